The lowest BCUT2D eigenvalue weighted by atomic mass is 9.79. The molecule has 0 spiro atoms. The molecular formula is C24H32N2O2. The fraction of sp³-hybridized carbons (Fsp3) is 0.542. The van der Waals surface area contributed by atoms with Crippen LogP contribution in [-0.2, 0) is 6.42 Å². The van der Waals surface area contributed by atoms with Crippen molar-refractivity contribution in [3.8, 4) is 0 Å². The zero-order valence-corrected chi connectivity index (χ0v) is 16.8. The quantitative estimate of drug-likeness (QED) is 0.798. The van der Waals surface area contributed by atoms with Crippen LogP contribution in [0.15, 0.2) is 42.6 Å². The van der Waals surface area contributed by atoms with E-state index >= 15 is 0 Å². The summed E-state index contributed by atoms with van der Waals surface area (Å²) in [6, 6.07) is 12.7. The number of nitrogens with zero attached hydrogens (tertiary/aromatic N) is 2. The van der Waals surface area contributed by atoms with E-state index < -0.39 is 6.10 Å². The number of piperidine rings is 1. The predicted molar refractivity (Wildman–Crippen MR) is 111 cm³/mol. The topological polar surface area (TPSA) is 56.6 Å². The summed E-state index contributed by atoms with van der Waals surface area (Å²) in [6.45, 7) is 5.41. The molecule has 2 unspecified atom stereocenters. The van der Waals surface area contributed by atoms with E-state index in [2.05, 4.69) is 47.1 Å². The molecular weight excluding hydrogens is 348 g/mol. The van der Waals surface area contributed by atoms with E-state index in [0.717, 1.165) is 51.0 Å². The smallest absolute Gasteiger partial charge is 0.0965 e. The van der Waals surface area contributed by atoms with Gasteiger partial charge >= 0.3 is 0 Å². The maximum Gasteiger partial charge on any atom is 0.0965 e. The van der Waals surface area contributed by atoms with Crippen LogP contribution in [0.4, 0.5) is 0 Å². The first kappa shape index (κ1) is 19.6. The first-order chi connectivity index (χ1) is 13.7. The average molecular weight is 381 g/mol. The highest BCUT2D eigenvalue weighted by Gasteiger charge is 2.32. The molecule has 4 rings (SSSR count). The first-order valence-corrected chi connectivity index (χ1v) is 10.7. The minimum atomic E-state index is -0.457. The van der Waals surface area contributed by atoms with Gasteiger partial charge in [-0.2, -0.15) is 0 Å². The molecule has 1 aliphatic heterocycles. The van der Waals surface area contributed by atoms with Gasteiger partial charge in [0.25, 0.3) is 0 Å². The van der Waals surface area contributed by atoms with Gasteiger partial charge in [0.15, 0.2) is 0 Å². The molecule has 2 aliphatic rings. The van der Waals surface area contributed by atoms with Gasteiger partial charge in [-0.25, -0.2) is 0 Å². The molecule has 2 heterocycles. The fourth-order valence-electron chi connectivity index (χ4n) is 5.27. The lowest BCUT2D eigenvalue weighted by molar-refractivity contribution is 0.0750. The number of aliphatic hydroxyl groups excluding tert-OH is 2. The summed E-state index contributed by atoms with van der Waals surface area (Å²) < 4.78 is 0. The Bertz CT molecular complexity index is 794. The largest absolute Gasteiger partial charge is 0.396 e. The molecule has 0 amide bonds. The minimum absolute atomic E-state index is 0.234. The van der Waals surface area contributed by atoms with Gasteiger partial charge < -0.3 is 15.1 Å². The van der Waals surface area contributed by atoms with Crippen molar-refractivity contribution >= 4 is 0 Å². The molecule has 1 fully saturated rings. The Balaban J connectivity index is 1.40. The third-order valence-electron chi connectivity index (χ3n) is 6.78. The van der Waals surface area contributed by atoms with Crippen LogP contribution in [0.1, 0.15) is 53.7 Å². The molecule has 4 nitrogen and oxygen atoms in total. The number of rotatable bonds is 4. The van der Waals surface area contributed by atoms with E-state index in [1.54, 1.807) is 6.20 Å². The SMILES string of the molecule is Cc1ccccc1C1CCN(C[C@@H]2CCc3cccnc3[C@@H](O)C2)CC1CO. The zero-order chi connectivity index (χ0) is 19.5. The second-order valence-corrected chi connectivity index (χ2v) is 8.66. The van der Waals surface area contributed by atoms with Crippen LogP contribution >= 0.6 is 0 Å². The van der Waals surface area contributed by atoms with Crippen LogP contribution in [0.25, 0.3) is 0 Å². The maximum atomic E-state index is 10.6. The van der Waals surface area contributed by atoms with Gasteiger partial charge in [-0.3, -0.25) is 4.98 Å². The number of aromatic nitrogens is 1. The van der Waals surface area contributed by atoms with Crippen LogP contribution in [0.5, 0.6) is 0 Å². The van der Waals surface area contributed by atoms with Crippen molar-refractivity contribution in [3.05, 3.63) is 65.0 Å². The molecule has 1 saturated heterocycles. The Morgan fingerprint density at radius 3 is 2.82 bits per heavy atom. The molecule has 0 saturated carbocycles. The molecule has 4 atom stereocenters. The second-order valence-electron chi connectivity index (χ2n) is 8.66. The standard InChI is InChI=1S/C24H32N2O2/c1-17-5-2-3-7-21(17)22-10-12-26(15-20(22)16-27)14-18-8-9-19-6-4-11-25-24(19)23(28)13-18/h2-7,11,18,20,22-23,27-28H,8-10,12-16H2,1H3/t18-,20?,22?,23+/m1/s1. The van der Waals surface area contributed by atoms with E-state index in [0.29, 0.717) is 11.8 Å². The Labute approximate surface area is 168 Å². The van der Waals surface area contributed by atoms with Crippen molar-refractivity contribution in [2.24, 2.45) is 11.8 Å². The van der Waals surface area contributed by atoms with Gasteiger partial charge in [-0.15, -0.1) is 0 Å². The van der Waals surface area contributed by atoms with Crippen LogP contribution in [-0.4, -0.2) is 46.3 Å². The number of likely N-dealkylation sites (tertiary alicyclic amines) is 1. The number of pyridine rings is 1. The highest BCUT2D eigenvalue weighted by molar-refractivity contribution is 5.30. The molecule has 0 bridgehead atoms. The molecule has 1 aromatic heterocycles. The summed E-state index contributed by atoms with van der Waals surface area (Å²) in [7, 11) is 0. The molecule has 28 heavy (non-hydrogen) atoms. The van der Waals surface area contributed by atoms with Gasteiger partial charge in [-0.05, 0) is 73.7 Å². The fourth-order valence-corrected chi connectivity index (χ4v) is 5.27. The number of hydrogen-bond donors (Lipinski definition) is 2. The summed E-state index contributed by atoms with van der Waals surface area (Å²) in [5.41, 5.74) is 4.80. The number of hydrogen-bond acceptors (Lipinski definition) is 4. The first-order valence-electron chi connectivity index (χ1n) is 10.7. The van der Waals surface area contributed by atoms with Gasteiger partial charge in [0.1, 0.15) is 0 Å². The van der Waals surface area contributed by atoms with Crippen LogP contribution in [0.3, 0.4) is 0 Å². The summed E-state index contributed by atoms with van der Waals surface area (Å²) in [5.74, 6) is 1.19. The Kier molecular flexibility index (Phi) is 6.10. The van der Waals surface area contributed by atoms with Crippen molar-refractivity contribution in [1.29, 1.82) is 0 Å². The van der Waals surface area contributed by atoms with Crippen LogP contribution < -0.4 is 0 Å². The molecule has 4 heteroatoms. The third-order valence-corrected chi connectivity index (χ3v) is 6.78. The minimum Gasteiger partial charge on any atom is -0.396 e. The van der Waals surface area contributed by atoms with Gasteiger partial charge in [0.05, 0.1) is 11.8 Å². The average Bonchev–Trinajstić information content (AvgIpc) is 2.87. The van der Waals surface area contributed by atoms with Crippen molar-refractivity contribution in [2.75, 3.05) is 26.2 Å². The lowest BCUT2D eigenvalue weighted by Crippen LogP contribution is -2.43. The van der Waals surface area contributed by atoms with Gasteiger partial charge in [0, 0.05) is 31.8 Å². The van der Waals surface area contributed by atoms with Crippen molar-refractivity contribution in [2.45, 2.75) is 44.6 Å². The van der Waals surface area contributed by atoms with E-state index in [4.69, 9.17) is 0 Å². The summed E-state index contributed by atoms with van der Waals surface area (Å²) >= 11 is 0. The Morgan fingerprint density at radius 2 is 2.00 bits per heavy atom. The van der Waals surface area contributed by atoms with Gasteiger partial charge in [0.2, 0.25) is 0 Å². The van der Waals surface area contributed by atoms with Crippen molar-refractivity contribution in [3.63, 3.8) is 0 Å². The normalized spacial score (nSPS) is 28.5. The van der Waals surface area contributed by atoms with Gasteiger partial charge in [-0.1, -0.05) is 30.3 Å². The predicted octanol–water partition coefficient (Wildman–Crippen LogP) is 3.47. The van der Waals surface area contributed by atoms with E-state index in [-0.39, 0.29) is 12.5 Å². The number of aliphatic hydroxyl groups is 2. The molecule has 0 radical (unpaired) electrons. The molecule has 150 valence electrons. The third kappa shape index (κ3) is 4.14. The van der Waals surface area contributed by atoms with E-state index in [9.17, 15) is 10.2 Å². The highest BCUT2D eigenvalue weighted by atomic mass is 16.3. The highest BCUT2D eigenvalue weighted by Crippen LogP contribution is 2.36. The second kappa shape index (κ2) is 8.73. The Hall–Kier alpha value is -1.75. The maximum absolute atomic E-state index is 10.6. The van der Waals surface area contributed by atoms with Crippen molar-refractivity contribution < 1.29 is 10.2 Å². The van der Waals surface area contributed by atoms with Crippen LogP contribution in [0.2, 0.25) is 0 Å². The zero-order valence-electron chi connectivity index (χ0n) is 16.8. The summed E-state index contributed by atoms with van der Waals surface area (Å²) in [4.78, 5) is 6.93. The molecule has 1 aliphatic carbocycles. The van der Waals surface area contributed by atoms with E-state index in [1.165, 1.54) is 16.7 Å². The molecule has 1 aromatic carbocycles. The number of fused-ring (bicyclic) bond motifs is 1. The monoisotopic (exact) mass is 380 g/mol. The Morgan fingerprint density at radius 1 is 1.14 bits per heavy atom. The summed E-state index contributed by atoms with van der Waals surface area (Å²) in [6.07, 6.45) is 5.29. The van der Waals surface area contributed by atoms with Crippen molar-refractivity contribution in [1.82, 2.24) is 9.88 Å². The lowest BCUT2D eigenvalue weighted by Gasteiger charge is -2.40. The number of aryl methyl sites for hydroxylation is 2. The number of benzene rings is 1. The molecule has 2 N–H and O–H groups in total. The van der Waals surface area contributed by atoms with Crippen LogP contribution in [0, 0.1) is 18.8 Å². The van der Waals surface area contributed by atoms with E-state index in [1.807, 2.05) is 6.07 Å². The molecule has 2 aromatic rings. The summed E-state index contributed by atoms with van der Waals surface area (Å²) in [5, 5.41) is 20.7.